The number of para-hydroxylation sites is 1. The Labute approximate surface area is 275 Å². The molecule has 2 aromatic heterocycles. The number of ether oxygens (including phenoxy) is 3. The van der Waals surface area contributed by atoms with E-state index in [1.54, 1.807) is 42.5 Å². The zero-order chi connectivity index (χ0) is 33.0. The number of benzene rings is 5. The largest absolute Gasteiger partial charge is 0.483 e. The quantitative estimate of drug-likeness (QED) is 0.142. The Hall–Kier alpha value is -6.09. The summed E-state index contributed by atoms with van der Waals surface area (Å²) in [4.78, 5) is 16.9. The molecule has 0 fully saturated rings. The lowest BCUT2D eigenvalue weighted by atomic mass is 10.1. The van der Waals surface area contributed by atoms with E-state index in [2.05, 4.69) is 9.55 Å². The fraction of sp³-hybridized carbons (Fsp3) is 0.128. The first-order valence-electron chi connectivity index (χ1n) is 15.4. The van der Waals surface area contributed by atoms with E-state index in [1.807, 2.05) is 85.8 Å². The van der Waals surface area contributed by atoms with Crippen LogP contribution in [0.15, 0.2) is 126 Å². The van der Waals surface area contributed by atoms with Crippen molar-refractivity contribution in [1.29, 1.82) is 0 Å². The summed E-state index contributed by atoms with van der Waals surface area (Å²) in [5.41, 5.74) is 4.67. The number of aliphatic carboxylic acids is 1. The van der Waals surface area contributed by atoms with Gasteiger partial charge in [-0.2, -0.15) is 0 Å². The molecule has 9 heteroatoms. The number of aromatic nitrogens is 2. The number of hydrogen-bond acceptors (Lipinski definition) is 6. The standard InChI is InChI=1S/C39H31FN2O6/c1-25-30(41-38(47-25)28-13-6-3-7-14-28)23-45-33-20-19-26(21-35(33)46-24-40)22-42-31-16-9-8-15-29(31)36-32(42)17-10-18-34(36)48-37(39(43)44)27-11-4-2-5-12-27/h2-21,37H,22-24H2,1H3,(H,43,44). The van der Waals surface area contributed by atoms with E-state index in [1.165, 1.54) is 0 Å². The van der Waals surface area contributed by atoms with Crippen LogP contribution in [0.4, 0.5) is 4.39 Å². The third-order valence-corrected chi connectivity index (χ3v) is 8.17. The monoisotopic (exact) mass is 642 g/mol. The van der Waals surface area contributed by atoms with Crippen molar-refractivity contribution >= 4 is 27.8 Å². The Kier molecular flexibility index (Phi) is 8.49. The van der Waals surface area contributed by atoms with Crippen LogP contribution in [0.3, 0.4) is 0 Å². The summed E-state index contributed by atoms with van der Waals surface area (Å²) in [5.74, 6) is 1.14. The summed E-state index contributed by atoms with van der Waals surface area (Å²) in [6, 6.07) is 37.4. The van der Waals surface area contributed by atoms with Gasteiger partial charge in [-0.1, -0.05) is 78.9 Å². The van der Waals surface area contributed by atoms with E-state index in [-0.39, 0.29) is 12.4 Å². The second-order valence-electron chi connectivity index (χ2n) is 11.2. The number of hydrogen-bond donors (Lipinski definition) is 1. The van der Waals surface area contributed by atoms with Crippen molar-refractivity contribution in [2.24, 2.45) is 0 Å². The molecular formula is C39H31FN2O6. The fourth-order valence-corrected chi connectivity index (χ4v) is 5.89. The van der Waals surface area contributed by atoms with Gasteiger partial charge in [0.05, 0.1) is 5.52 Å². The second-order valence-corrected chi connectivity index (χ2v) is 11.2. The highest BCUT2D eigenvalue weighted by Gasteiger charge is 2.24. The van der Waals surface area contributed by atoms with Crippen LogP contribution < -0.4 is 14.2 Å². The highest BCUT2D eigenvalue weighted by atomic mass is 19.1. The SMILES string of the molecule is Cc1oc(-c2ccccc2)nc1COc1ccc(Cn2c3ccccc3c3c(OC(C(=O)O)c4ccccc4)cccc32)cc1OCF. The minimum absolute atomic E-state index is 0.111. The molecule has 7 aromatic rings. The van der Waals surface area contributed by atoms with Crippen LogP contribution >= 0.6 is 0 Å². The van der Waals surface area contributed by atoms with Gasteiger partial charge in [-0.05, 0) is 55.0 Å². The van der Waals surface area contributed by atoms with Gasteiger partial charge >= 0.3 is 5.97 Å². The molecule has 0 amide bonds. The van der Waals surface area contributed by atoms with Crippen molar-refractivity contribution in [2.45, 2.75) is 26.2 Å². The van der Waals surface area contributed by atoms with E-state index >= 15 is 0 Å². The van der Waals surface area contributed by atoms with Crippen molar-refractivity contribution in [3.63, 3.8) is 0 Å². The molecule has 240 valence electrons. The van der Waals surface area contributed by atoms with E-state index < -0.39 is 18.9 Å². The molecule has 0 aliphatic rings. The maximum Gasteiger partial charge on any atom is 0.349 e. The van der Waals surface area contributed by atoms with Gasteiger partial charge in [0.25, 0.3) is 0 Å². The molecule has 0 saturated carbocycles. The molecule has 48 heavy (non-hydrogen) atoms. The number of carbonyl (C=O) groups is 1. The maximum atomic E-state index is 13.6. The average molecular weight is 643 g/mol. The first-order valence-corrected chi connectivity index (χ1v) is 15.4. The summed E-state index contributed by atoms with van der Waals surface area (Å²) in [6.07, 6.45) is -1.18. The Balaban J connectivity index is 1.19. The predicted octanol–water partition coefficient (Wildman–Crippen LogP) is 8.90. The summed E-state index contributed by atoms with van der Waals surface area (Å²) in [7, 11) is 0. The molecule has 0 aliphatic heterocycles. The van der Waals surface area contributed by atoms with Crippen molar-refractivity contribution in [3.8, 4) is 28.7 Å². The van der Waals surface area contributed by atoms with Crippen molar-refractivity contribution in [2.75, 3.05) is 6.86 Å². The van der Waals surface area contributed by atoms with Gasteiger partial charge in [0.1, 0.15) is 23.8 Å². The minimum Gasteiger partial charge on any atom is -0.483 e. The van der Waals surface area contributed by atoms with Gasteiger partial charge in [-0.25, -0.2) is 14.2 Å². The third-order valence-electron chi connectivity index (χ3n) is 8.17. The van der Waals surface area contributed by atoms with E-state index in [0.29, 0.717) is 41.0 Å². The van der Waals surface area contributed by atoms with Gasteiger partial charge in [0.15, 0.2) is 11.5 Å². The zero-order valence-corrected chi connectivity index (χ0v) is 26.0. The summed E-state index contributed by atoms with van der Waals surface area (Å²) >= 11 is 0. The second kappa shape index (κ2) is 13.3. The zero-order valence-electron chi connectivity index (χ0n) is 26.0. The molecule has 2 heterocycles. The number of carboxylic acids is 1. The van der Waals surface area contributed by atoms with Crippen LogP contribution in [0, 0.1) is 6.92 Å². The first kappa shape index (κ1) is 30.6. The number of nitrogens with zero attached hydrogens (tertiary/aromatic N) is 2. The molecule has 0 bridgehead atoms. The van der Waals surface area contributed by atoms with Crippen molar-refractivity contribution in [1.82, 2.24) is 9.55 Å². The fourth-order valence-electron chi connectivity index (χ4n) is 5.89. The molecule has 5 aromatic carbocycles. The molecule has 7 rings (SSSR count). The maximum absolute atomic E-state index is 13.6. The van der Waals surface area contributed by atoms with Crippen molar-refractivity contribution < 1.29 is 32.9 Å². The normalized spacial score (nSPS) is 11.9. The number of aryl methyl sites for hydroxylation is 1. The van der Waals surface area contributed by atoms with Crippen LogP contribution in [0.2, 0.25) is 0 Å². The van der Waals surface area contributed by atoms with E-state index in [0.717, 1.165) is 32.9 Å². The van der Waals surface area contributed by atoms with Crippen LogP contribution in [-0.4, -0.2) is 27.5 Å². The van der Waals surface area contributed by atoms with Gasteiger partial charge < -0.3 is 28.3 Å². The average Bonchev–Trinajstić information content (AvgIpc) is 3.65. The summed E-state index contributed by atoms with van der Waals surface area (Å²) < 4.78 is 39.2. The Morgan fingerprint density at radius 2 is 1.56 bits per heavy atom. The molecule has 1 unspecified atom stereocenters. The minimum atomic E-state index is -1.18. The topological polar surface area (TPSA) is 96.0 Å². The molecule has 0 radical (unpaired) electrons. The van der Waals surface area contributed by atoms with Gasteiger partial charge in [0, 0.05) is 34.0 Å². The Bertz CT molecular complexity index is 2210. The van der Waals surface area contributed by atoms with Gasteiger partial charge in [0.2, 0.25) is 18.9 Å². The molecule has 8 nitrogen and oxygen atoms in total. The van der Waals surface area contributed by atoms with Crippen LogP contribution in [0.5, 0.6) is 17.2 Å². The van der Waals surface area contributed by atoms with Crippen LogP contribution in [0.25, 0.3) is 33.3 Å². The van der Waals surface area contributed by atoms with E-state index in [4.69, 9.17) is 18.6 Å². The van der Waals surface area contributed by atoms with Crippen LogP contribution in [-0.2, 0) is 17.9 Å². The lowest BCUT2D eigenvalue weighted by Crippen LogP contribution is -2.18. The van der Waals surface area contributed by atoms with Crippen molar-refractivity contribution in [3.05, 3.63) is 144 Å². The summed E-state index contributed by atoms with van der Waals surface area (Å²) in [5, 5.41) is 11.8. The smallest absolute Gasteiger partial charge is 0.349 e. The van der Waals surface area contributed by atoms with Crippen LogP contribution in [0.1, 0.15) is 28.7 Å². The lowest BCUT2D eigenvalue weighted by Gasteiger charge is -2.17. The summed E-state index contributed by atoms with van der Waals surface area (Å²) in [6.45, 7) is 1.33. The molecular weight excluding hydrogens is 611 g/mol. The lowest BCUT2D eigenvalue weighted by molar-refractivity contribution is -0.145. The molecule has 1 atom stereocenters. The number of oxazole rings is 1. The predicted molar refractivity (Wildman–Crippen MR) is 180 cm³/mol. The van der Waals surface area contributed by atoms with E-state index in [9.17, 15) is 14.3 Å². The highest BCUT2D eigenvalue weighted by Crippen LogP contribution is 2.39. The number of fused-ring (bicyclic) bond motifs is 3. The number of rotatable bonds is 12. The molecule has 0 aliphatic carbocycles. The Morgan fingerprint density at radius 3 is 2.33 bits per heavy atom. The molecule has 1 N–H and O–H groups in total. The highest BCUT2D eigenvalue weighted by molar-refractivity contribution is 6.11. The molecule has 0 saturated heterocycles. The number of halogens is 1. The number of alkyl halides is 1. The number of carboxylic acid groups (broad SMARTS) is 1. The first-order chi connectivity index (χ1) is 23.5. The Morgan fingerprint density at radius 1 is 0.833 bits per heavy atom. The van der Waals surface area contributed by atoms with Gasteiger partial charge in [-0.3, -0.25) is 0 Å². The van der Waals surface area contributed by atoms with Gasteiger partial charge in [-0.15, -0.1) is 0 Å². The third kappa shape index (κ3) is 6.05. The molecule has 0 spiro atoms.